The molecule has 26 heavy (non-hydrogen) atoms. The van der Waals surface area contributed by atoms with Gasteiger partial charge in [-0.05, 0) is 46.5 Å². The molecule has 4 aromatic rings. The molecule has 2 heterocycles. The molecule has 5 rings (SSSR count). The zero-order valence-corrected chi connectivity index (χ0v) is 13.9. The number of aromatic nitrogens is 1. The second-order valence-electron chi connectivity index (χ2n) is 6.27. The number of ether oxygens (including phenoxy) is 1. The molecule has 0 bridgehead atoms. The summed E-state index contributed by atoms with van der Waals surface area (Å²) in [5.74, 6) is 0.427. The van der Waals surface area contributed by atoms with E-state index in [9.17, 15) is 4.79 Å². The van der Waals surface area contributed by atoms with Gasteiger partial charge in [0, 0.05) is 5.56 Å². The molecule has 0 spiro atoms. The lowest BCUT2D eigenvalue weighted by molar-refractivity contribution is 0.307. The summed E-state index contributed by atoms with van der Waals surface area (Å²) in [6, 6.07) is 22.0. The summed E-state index contributed by atoms with van der Waals surface area (Å²) in [7, 11) is 0. The highest BCUT2D eigenvalue weighted by Crippen LogP contribution is 2.37. The van der Waals surface area contributed by atoms with Crippen LogP contribution in [0.15, 0.2) is 75.9 Å². The number of hydrogen-bond acceptors (Lipinski definition) is 3. The Hall–Kier alpha value is -3.53. The van der Waals surface area contributed by atoms with Crippen molar-refractivity contribution in [3.05, 3.63) is 99.5 Å². The molecule has 1 aromatic heterocycles. The second-order valence-corrected chi connectivity index (χ2v) is 6.27. The Kier molecular flexibility index (Phi) is 3.28. The molecule has 0 amide bonds. The van der Waals surface area contributed by atoms with Crippen LogP contribution < -0.4 is 10.5 Å². The third kappa shape index (κ3) is 2.43. The van der Waals surface area contributed by atoms with Crippen LogP contribution in [0.1, 0.15) is 22.3 Å². The molecule has 0 atom stereocenters. The first-order valence-electron chi connectivity index (χ1n) is 8.43. The number of oxazole rings is 1. The molecule has 0 radical (unpaired) electrons. The Morgan fingerprint density at radius 3 is 2.65 bits per heavy atom. The molecule has 0 fully saturated rings. The first-order valence-corrected chi connectivity index (χ1v) is 8.43. The number of para-hydroxylation sites is 1. The minimum Gasteiger partial charge on any atom is -0.488 e. The molecule has 1 aliphatic heterocycles. The van der Waals surface area contributed by atoms with E-state index in [2.05, 4.69) is 29.3 Å². The summed E-state index contributed by atoms with van der Waals surface area (Å²) in [5, 5.41) is 0. The largest absolute Gasteiger partial charge is 0.488 e. The van der Waals surface area contributed by atoms with Crippen LogP contribution >= 0.6 is 0 Å². The predicted molar refractivity (Wildman–Crippen MR) is 101 cm³/mol. The number of rotatable bonds is 1. The quantitative estimate of drug-likeness (QED) is 0.550. The summed E-state index contributed by atoms with van der Waals surface area (Å²) in [6.45, 7) is 0.540. The fourth-order valence-electron chi connectivity index (χ4n) is 3.41. The van der Waals surface area contributed by atoms with E-state index in [0.29, 0.717) is 17.7 Å². The summed E-state index contributed by atoms with van der Waals surface area (Å²) in [5.41, 5.74) is 6.68. The summed E-state index contributed by atoms with van der Waals surface area (Å²) in [4.78, 5) is 14.1. The number of hydrogen-bond donors (Lipinski definition) is 1. The van der Waals surface area contributed by atoms with E-state index in [1.807, 2.05) is 48.5 Å². The normalized spacial score (nSPS) is 14.5. The Bertz CT molecular complexity index is 1160. The van der Waals surface area contributed by atoms with Gasteiger partial charge in [-0.15, -0.1) is 0 Å². The van der Waals surface area contributed by atoms with E-state index in [-0.39, 0.29) is 0 Å². The van der Waals surface area contributed by atoms with E-state index < -0.39 is 5.76 Å². The van der Waals surface area contributed by atoms with Crippen LogP contribution in [0.4, 0.5) is 0 Å². The monoisotopic (exact) mass is 341 g/mol. The zero-order chi connectivity index (χ0) is 17.5. The maximum Gasteiger partial charge on any atom is 0.417 e. The van der Waals surface area contributed by atoms with Crippen LogP contribution in [-0.4, -0.2) is 4.98 Å². The standard InChI is InChI=1S/C22H15NO3/c24-22-23-19-12-14(9-10-21(19)26-22)11-18-16-6-2-1-5-15(16)13-25-20-8-4-3-7-17(18)20/h1-12H,13H2,(H,23,24)/b18-11-. The molecule has 0 unspecified atom stereocenters. The van der Waals surface area contributed by atoms with Crippen molar-refractivity contribution in [3.63, 3.8) is 0 Å². The number of fused-ring (bicyclic) bond motifs is 3. The van der Waals surface area contributed by atoms with E-state index in [1.165, 1.54) is 0 Å². The fourth-order valence-corrected chi connectivity index (χ4v) is 3.41. The molecule has 0 saturated heterocycles. The van der Waals surface area contributed by atoms with Crippen LogP contribution in [-0.2, 0) is 6.61 Å². The predicted octanol–water partition coefficient (Wildman–Crippen LogP) is 4.60. The number of nitrogens with one attached hydrogen (secondary N) is 1. The van der Waals surface area contributed by atoms with Gasteiger partial charge in [-0.2, -0.15) is 0 Å². The molecule has 3 aromatic carbocycles. The molecule has 126 valence electrons. The first kappa shape index (κ1) is 14.8. The van der Waals surface area contributed by atoms with Gasteiger partial charge in [0.25, 0.3) is 0 Å². The minimum absolute atomic E-state index is 0.441. The molecule has 4 nitrogen and oxygen atoms in total. The topological polar surface area (TPSA) is 55.2 Å². The van der Waals surface area contributed by atoms with Crippen molar-refractivity contribution in [2.75, 3.05) is 0 Å². The summed E-state index contributed by atoms with van der Waals surface area (Å²) < 4.78 is 11.1. The fraction of sp³-hybridized carbons (Fsp3) is 0.0455. The van der Waals surface area contributed by atoms with Crippen molar-refractivity contribution in [1.82, 2.24) is 4.98 Å². The lowest BCUT2D eigenvalue weighted by Gasteiger charge is -2.10. The highest BCUT2D eigenvalue weighted by atomic mass is 16.5. The number of benzene rings is 3. The van der Waals surface area contributed by atoms with E-state index in [0.717, 1.165) is 33.6 Å². The van der Waals surface area contributed by atoms with Gasteiger partial charge < -0.3 is 9.15 Å². The molecule has 1 N–H and O–H groups in total. The molecule has 4 heteroatoms. The van der Waals surface area contributed by atoms with Gasteiger partial charge in [0.2, 0.25) is 0 Å². The van der Waals surface area contributed by atoms with Gasteiger partial charge in [0.1, 0.15) is 12.4 Å². The Morgan fingerprint density at radius 2 is 1.73 bits per heavy atom. The number of H-pyrrole nitrogens is 1. The maximum absolute atomic E-state index is 11.4. The van der Waals surface area contributed by atoms with Gasteiger partial charge >= 0.3 is 5.76 Å². The van der Waals surface area contributed by atoms with E-state index >= 15 is 0 Å². The van der Waals surface area contributed by atoms with Crippen molar-refractivity contribution in [2.45, 2.75) is 6.61 Å². The smallest absolute Gasteiger partial charge is 0.417 e. The Morgan fingerprint density at radius 1 is 0.923 bits per heavy atom. The van der Waals surface area contributed by atoms with Crippen LogP contribution in [0.25, 0.3) is 22.7 Å². The van der Waals surface area contributed by atoms with Crippen molar-refractivity contribution in [3.8, 4) is 5.75 Å². The lowest BCUT2D eigenvalue weighted by atomic mass is 9.92. The third-order valence-electron chi connectivity index (χ3n) is 4.62. The first-order chi connectivity index (χ1) is 12.8. The van der Waals surface area contributed by atoms with Gasteiger partial charge in [-0.3, -0.25) is 4.98 Å². The molecule has 0 aliphatic carbocycles. The average molecular weight is 341 g/mol. The highest BCUT2D eigenvalue weighted by molar-refractivity contribution is 5.95. The van der Waals surface area contributed by atoms with Crippen LogP contribution in [0, 0.1) is 0 Å². The number of aromatic amines is 1. The third-order valence-corrected chi connectivity index (χ3v) is 4.62. The van der Waals surface area contributed by atoms with Crippen molar-refractivity contribution in [2.24, 2.45) is 0 Å². The Labute approximate surface area is 149 Å². The van der Waals surface area contributed by atoms with Gasteiger partial charge in [0.05, 0.1) is 5.52 Å². The maximum atomic E-state index is 11.4. The SMILES string of the molecule is O=c1[nH]c2cc(/C=C3/c4ccccc4COc4ccccc43)ccc2o1. The van der Waals surface area contributed by atoms with Gasteiger partial charge in [-0.25, -0.2) is 4.79 Å². The molecular formula is C22H15NO3. The van der Waals surface area contributed by atoms with Crippen LogP contribution in [0.5, 0.6) is 5.75 Å². The van der Waals surface area contributed by atoms with Crippen LogP contribution in [0.3, 0.4) is 0 Å². The minimum atomic E-state index is -0.441. The lowest BCUT2D eigenvalue weighted by Crippen LogP contribution is -1.94. The van der Waals surface area contributed by atoms with E-state index in [4.69, 9.17) is 9.15 Å². The van der Waals surface area contributed by atoms with Gasteiger partial charge in [-0.1, -0.05) is 48.5 Å². The van der Waals surface area contributed by atoms with Crippen molar-refractivity contribution >= 4 is 22.7 Å². The second kappa shape index (κ2) is 5.77. The van der Waals surface area contributed by atoms with E-state index in [1.54, 1.807) is 0 Å². The highest BCUT2D eigenvalue weighted by Gasteiger charge is 2.18. The average Bonchev–Trinajstić information content (AvgIpc) is 2.96. The Balaban J connectivity index is 1.75. The molecule has 1 aliphatic rings. The molecule has 0 saturated carbocycles. The van der Waals surface area contributed by atoms with Crippen molar-refractivity contribution < 1.29 is 9.15 Å². The van der Waals surface area contributed by atoms with Crippen LogP contribution in [0.2, 0.25) is 0 Å². The van der Waals surface area contributed by atoms with Gasteiger partial charge in [0.15, 0.2) is 5.58 Å². The van der Waals surface area contributed by atoms with Crippen molar-refractivity contribution in [1.29, 1.82) is 0 Å². The summed E-state index contributed by atoms with van der Waals surface area (Å²) >= 11 is 0. The zero-order valence-electron chi connectivity index (χ0n) is 13.9. The molecular weight excluding hydrogens is 326 g/mol. The summed E-state index contributed by atoms with van der Waals surface area (Å²) in [6.07, 6.45) is 2.12.